The van der Waals surface area contributed by atoms with Crippen LogP contribution in [0.3, 0.4) is 0 Å². The summed E-state index contributed by atoms with van der Waals surface area (Å²) < 4.78 is 0. The molecule has 3 aliphatic rings. The van der Waals surface area contributed by atoms with E-state index in [0.717, 1.165) is 29.8 Å². The number of hydrogen-bond donors (Lipinski definition) is 1. The quantitative estimate of drug-likeness (QED) is 0.901. The molecule has 140 valence electrons. The topological polar surface area (TPSA) is 68.1 Å². The van der Waals surface area contributed by atoms with Gasteiger partial charge in [-0.3, -0.25) is 9.97 Å². The third-order valence-electron chi connectivity index (χ3n) is 6.65. The zero-order valence-electron chi connectivity index (χ0n) is 15.7. The predicted molar refractivity (Wildman–Crippen MR) is 106 cm³/mol. The summed E-state index contributed by atoms with van der Waals surface area (Å²) in [6.45, 7) is 8.31. The van der Waals surface area contributed by atoms with Gasteiger partial charge in [0.05, 0.1) is 11.3 Å². The number of fused-ring (bicyclic) bond motifs is 1. The summed E-state index contributed by atoms with van der Waals surface area (Å²) in [6.07, 6.45) is 7.30. The molecule has 3 saturated heterocycles. The fraction of sp³-hybridized carbons (Fsp3) is 0.571. The highest BCUT2D eigenvalue weighted by Gasteiger charge is 2.44. The second-order valence-corrected chi connectivity index (χ2v) is 8.52. The van der Waals surface area contributed by atoms with Gasteiger partial charge in [-0.05, 0) is 55.8 Å². The van der Waals surface area contributed by atoms with E-state index in [0.29, 0.717) is 16.9 Å². The summed E-state index contributed by atoms with van der Waals surface area (Å²) in [6, 6.07) is 6.17. The number of nitrogens with one attached hydrogen (secondary N) is 1. The van der Waals surface area contributed by atoms with Gasteiger partial charge >= 0.3 is 0 Å². The largest absolute Gasteiger partial charge is 0.369 e. The van der Waals surface area contributed by atoms with E-state index in [1.54, 1.807) is 12.4 Å². The predicted octanol–water partition coefficient (Wildman–Crippen LogP) is 2.01. The molecular formula is C21H26N6. The SMILES string of the molecule is N#Cc1ccc(N2CCC(CN3CC4(CCNCC4)C3)C2)c2nccnc12. The van der Waals surface area contributed by atoms with Crippen molar-refractivity contribution in [2.45, 2.75) is 19.3 Å². The van der Waals surface area contributed by atoms with E-state index >= 15 is 0 Å². The van der Waals surface area contributed by atoms with Crippen LogP contribution in [-0.2, 0) is 0 Å². The van der Waals surface area contributed by atoms with Crippen molar-refractivity contribution < 1.29 is 0 Å². The minimum Gasteiger partial charge on any atom is -0.369 e. The lowest BCUT2D eigenvalue weighted by atomic mass is 9.72. The Morgan fingerprint density at radius 1 is 1.15 bits per heavy atom. The maximum atomic E-state index is 9.33. The molecule has 1 atom stereocenters. The fourth-order valence-electron chi connectivity index (χ4n) is 5.26. The lowest BCUT2D eigenvalue weighted by molar-refractivity contribution is -0.0298. The fourth-order valence-corrected chi connectivity index (χ4v) is 5.26. The molecule has 1 spiro atoms. The van der Waals surface area contributed by atoms with Crippen LogP contribution in [0, 0.1) is 22.7 Å². The first-order valence-corrected chi connectivity index (χ1v) is 10.1. The van der Waals surface area contributed by atoms with Crippen molar-refractivity contribution in [3.8, 4) is 6.07 Å². The Hall–Kier alpha value is -2.23. The number of anilines is 1. The first-order chi connectivity index (χ1) is 13.3. The summed E-state index contributed by atoms with van der Waals surface area (Å²) in [7, 11) is 0. The monoisotopic (exact) mass is 362 g/mol. The van der Waals surface area contributed by atoms with Crippen LogP contribution >= 0.6 is 0 Å². The van der Waals surface area contributed by atoms with E-state index in [1.165, 1.54) is 52.0 Å². The maximum Gasteiger partial charge on any atom is 0.113 e. The Bertz CT molecular complexity index is 874. The van der Waals surface area contributed by atoms with Crippen molar-refractivity contribution in [2.75, 3.05) is 50.7 Å². The van der Waals surface area contributed by atoms with Crippen LogP contribution in [0.4, 0.5) is 5.69 Å². The number of nitrogens with zero attached hydrogens (tertiary/aromatic N) is 5. The highest BCUT2D eigenvalue weighted by Crippen LogP contribution is 2.40. The van der Waals surface area contributed by atoms with Gasteiger partial charge < -0.3 is 15.1 Å². The van der Waals surface area contributed by atoms with Gasteiger partial charge in [-0.1, -0.05) is 0 Å². The zero-order chi connectivity index (χ0) is 18.3. The highest BCUT2D eigenvalue weighted by molar-refractivity contribution is 5.92. The maximum absolute atomic E-state index is 9.33. The first-order valence-electron chi connectivity index (χ1n) is 10.1. The number of benzene rings is 1. The second kappa shape index (κ2) is 6.74. The van der Waals surface area contributed by atoms with E-state index in [2.05, 4.69) is 31.2 Å². The normalized spacial score (nSPS) is 24.9. The minimum absolute atomic E-state index is 0.602. The molecule has 3 fully saturated rings. The van der Waals surface area contributed by atoms with Gasteiger partial charge in [0.1, 0.15) is 17.1 Å². The molecule has 4 heterocycles. The second-order valence-electron chi connectivity index (χ2n) is 8.52. The molecule has 27 heavy (non-hydrogen) atoms. The third kappa shape index (κ3) is 3.05. The molecule has 0 bridgehead atoms. The Morgan fingerprint density at radius 3 is 2.70 bits per heavy atom. The van der Waals surface area contributed by atoms with Crippen LogP contribution in [-0.4, -0.2) is 60.7 Å². The van der Waals surface area contributed by atoms with E-state index in [-0.39, 0.29) is 0 Å². The Labute approximate surface area is 160 Å². The van der Waals surface area contributed by atoms with Gasteiger partial charge in [0.15, 0.2) is 0 Å². The van der Waals surface area contributed by atoms with Crippen LogP contribution in [0.2, 0.25) is 0 Å². The van der Waals surface area contributed by atoms with Crippen molar-refractivity contribution in [3.05, 3.63) is 30.1 Å². The number of nitriles is 1. The van der Waals surface area contributed by atoms with E-state index in [9.17, 15) is 5.26 Å². The van der Waals surface area contributed by atoms with Gasteiger partial charge in [-0.2, -0.15) is 5.26 Å². The molecule has 0 amide bonds. The lowest BCUT2D eigenvalue weighted by Gasteiger charge is -2.53. The molecule has 5 rings (SSSR count). The average molecular weight is 362 g/mol. The van der Waals surface area contributed by atoms with Gasteiger partial charge in [-0.15, -0.1) is 0 Å². The molecule has 1 N–H and O–H groups in total. The summed E-state index contributed by atoms with van der Waals surface area (Å²) in [4.78, 5) is 14.0. The number of likely N-dealkylation sites (tertiary alicyclic amines) is 1. The molecule has 0 radical (unpaired) electrons. The van der Waals surface area contributed by atoms with Crippen LogP contribution in [0.25, 0.3) is 11.0 Å². The van der Waals surface area contributed by atoms with Gasteiger partial charge in [0, 0.05) is 45.1 Å². The highest BCUT2D eigenvalue weighted by atomic mass is 15.2. The molecule has 2 aromatic rings. The summed E-state index contributed by atoms with van der Waals surface area (Å²) >= 11 is 0. The number of hydrogen-bond acceptors (Lipinski definition) is 6. The molecule has 0 saturated carbocycles. The smallest absolute Gasteiger partial charge is 0.113 e. The third-order valence-corrected chi connectivity index (χ3v) is 6.65. The van der Waals surface area contributed by atoms with Crippen molar-refractivity contribution in [2.24, 2.45) is 11.3 Å². The molecule has 6 heteroatoms. The molecule has 3 aliphatic heterocycles. The van der Waals surface area contributed by atoms with Crippen molar-refractivity contribution in [3.63, 3.8) is 0 Å². The van der Waals surface area contributed by atoms with E-state index in [4.69, 9.17) is 0 Å². The van der Waals surface area contributed by atoms with Crippen LogP contribution < -0.4 is 10.2 Å². The summed E-state index contributed by atoms with van der Waals surface area (Å²) in [5.74, 6) is 0.714. The van der Waals surface area contributed by atoms with Crippen LogP contribution in [0.15, 0.2) is 24.5 Å². The lowest BCUT2D eigenvalue weighted by Crippen LogP contribution is -2.60. The molecular weight excluding hydrogens is 336 g/mol. The standard InChI is InChI=1S/C21H26N6/c22-11-17-1-2-18(20-19(17)24-8-9-25-20)27-10-3-16(13-27)12-26-14-21(15-26)4-6-23-7-5-21/h1-2,8-9,16,23H,3-7,10,12-15H2. The number of aromatic nitrogens is 2. The summed E-state index contributed by atoms with van der Waals surface area (Å²) in [5, 5.41) is 12.8. The van der Waals surface area contributed by atoms with E-state index < -0.39 is 0 Å². The minimum atomic E-state index is 0.602. The number of piperidine rings is 1. The van der Waals surface area contributed by atoms with E-state index in [1.807, 2.05) is 12.1 Å². The molecule has 1 aromatic carbocycles. The van der Waals surface area contributed by atoms with Crippen molar-refractivity contribution >= 4 is 16.7 Å². The number of rotatable bonds is 3. The zero-order valence-corrected chi connectivity index (χ0v) is 15.7. The average Bonchev–Trinajstić information content (AvgIpc) is 3.15. The van der Waals surface area contributed by atoms with Crippen molar-refractivity contribution in [1.29, 1.82) is 5.26 Å². The Balaban J connectivity index is 1.25. The van der Waals surface area contributed by atoms with Gasteiger partial charge in [0.25, 0.3) is 0 Å². The Morgan fingerprint density at radius 2 is 1.93 bits per heavy atom. The first kappa shape index (κ1) is 16.9. The Kier molecular flexibility index (Phi) is 4.22. The van der Waals surface area contributed by atoms with Gasteiger partial charge in [0.2, 0.25) is 0 Å². The van der Waals surface area contributed by atoms with Crippen LogP contribution in [0.5, 0.6) is 0 Å². The van der Waals surface area contributed by atoms with Crippen LogP contribution in [0.1, 0.15) is 24.8 Å². The molecule has 1 unspecified atom stereocenters. The van der Waals surface area contributed by atoms with Gasteiger partial charge in [-0.25, -0.2) is 0 Å². The molecule has 1 aromatic heterocycles. The van der Waals surface area contributed by atoms with Crippen molar-refractivity contribution in [1.82, 2.24) is 20.2 Å². The molecule has 6 nitrogen and oxygen atoms in total. The summed E-state index contributed by atoms with van der Waals surface area (Å²) in [5.41, 5.74) is 3.91. The molecule has 0 aliphatic carbocycles.